The van der Waals surface area contributed by atoms with Crippen LogP contribution in [0.3, 0.4) is 0 Å². The smallest absolute Gasteiger partial charge is 0.170 e. The zero-order valence-electron chi connectivity index (χ0n) is 30.5. The fourth-order valence-corrected chi connectivity index (χ4v) is 5.81. The molecule has 7 rings (SSSR count). The Kier molecular flexibility index (Phi) is 9.39. The molecule has 7 aromatic rings. The van der Waals surface area contributed by atoms with Crippen molar-refractivity contribution >= 4 is 0 Å². The normalized spacial score (nSPS) is 11.7. The highest BCUT2D eigenvalue weighted by molar-refractivity contribution is 5.62. The fraction of sp³-hybridized carbons (Fsp3) is 0.174. The third kappa shape index (κ3) is 8.08. The monoisotopic (exact) mass is 688 g/mol. The van der Waals surface area contributed by atoms with Crippen molar-refractivity contribution < 1.29 is 18.9 Å². The van der Waals surface area contributed by atoms with E-state index < -0.39 is 0 Å². The van der Waals surface area contributed by atoms with Crippen LogP contribution in [0.25, 0.3) is 22.5 Å². The number of ether oxygens (including phenoxy) is 4. The molecule has 6 heteroatoms. The van der Waals surface area contributed by atoms with E-state index in [0.717, 1.165) is 33.6 Å². The molecule has 6 nitrogen and oxygen atoms in total. The van der Waals surface area contributed by atoms with Crippen LogP contribution in [0.2, 0.25) is 0 Å². The Hall–Kier alpha value is -6.14. The molecule has 0 aliphatic heterocycles. The highest BCUT2D eigenvalue weighted by atomic mass is 16.5. The van der Waals surface area contributed by atoms with E-state index in [1.807, 2.05) is 122 Å². The molecule has 0 bridgehead atoms. The lowest BCUT2D eigenvalue weighted by Gasteiger charge is -2.22. The van der Waals surface area contributed by atoms with Crippen LogP contribution in [0.5, 0.6) is 46.0 Å². The number of nitrogens with one attached hydrogen (secondary N) is 2. The van der Waals surface area contributed by atoms with E-state index in [0.29, 0.717) is 46.0 Å². The molecule has 0 spiro atoms. The summed E-state index contributed by atoms with van der Waals surface area (Å²) in [4.78, 5) is 6.50. The van der Waals surface area contributed by atoms with Crippen molar-refractivity contribution in [2.24, 2.45) is 0 Å². The molecule has 2 aromatic heterocycles. The highest BCUT2D eigenvalue weighted by Crippen LogP contribution is 2.42. The van der Waals surface area contributed by atoms with Gasteiger partial charge in [-0.2, -0.15) is 0 Å². The van der Waals surface area contributed by atoms with Crippen LogP contribution in [-0.4, -0.2) is 9.97 Å². The minimum absolute atomic E-state index is 0.0750. The number of rotatable bonds is 10. The van der Waals surface area contributed by atoms with Gasteiger partial charge in [0.1, 0.15) is 23.0 Å². The Balaban J connectivity index is 1.14. The van der Waals surface area contributed by atoms with Crippen LogP contribution in [0.4, 0.5) is 0 Å². The van der Waals surface area contributed by atoms with Crippen LogP contribution in [0.1, 0.15) is 52.7 Å². The zero-order valence-corrected chi connectivity index (χ0v) is 30.5. The van der Waals surface area contributed by atoms with Crippen LogP contribution in [-0.2, 0) is 10.8 Å². The Morgan fingerprint density at radius 3 is 1.13 bits per heavy atom. The van der Waals surface area contributed by atoms with E-state index in [9.17, 15) is 0 Å². The summed E-state index contributed by atoms with van der Waals surface area (Å²) in [5, 5.41) is 0. The van der Waals surface area contributed by atoms with E-state index in [1.54, 1.807) is 0 Å². The quantitative estimate of drug-likeness (QED) is 0.150. The molecule has 0 radical (unpaired) electrons. The third-order valence-electron chi connectivity index (χ3n) is 8.86. The van der Waals surface area contributed by atoms with E-state index in [2.05, 4.69) is 75.8 Å². The molecule has 2 heterocycles. The van der Waals surface area contributed by atoms with Crippen LogP contribution < -0.4 is 18.9 Å². The van der Waals surface area contributed by atoms with Gasteiger partial charge in [0, 0.05) is 29.8 Å². The summed E-state index contributed by atoms with van der Waals surface area (Å²) in [5.74, 6) is 5.11. The molecule has 262 valence electrons. The van der Waals surface area contributed by atoms with E-state index >= 15 is 0 Å². The average molecular weight is 689 g/mol. The number of hydrogen-bond donors (Lipinski definition) is 2. The molecule has 0 aliphatic rings. The Labute approximate surface area is 306 Å². The van der Waals surface area contributed by atoms with Crippen molar-refractivity contribution in [2.45, 2.75) is 52.4 Å². The summed E-state index contributed by atoms with van der Waals surface area (Å²) in [5.41, 5.74) is 6.40. The van der Waals surface area contributed by atoms with E-state index in [-0.39, 0.29) is 10.8 Å². The predicted molar refractivity (Wildman–Crippen MR) is 209 cm³/mol. The minimum Gasteiger partial charge on any atom is -0.453 e. The highest BCUT2D eigenvalue weighted by Gasteiger charge is 2.20. The van der Waals surface area contributed by atoms with Crippen LogP contribution >= 0.6 is 0 Å². The third-order valence-corrected chi connectivity index (χ3v) is 8.86. The van der Waals surface area contributed by atoms with Crippen LogP contribution in [0, 0.1) is 0 Å². The summed E-state index contributed by atoms with van der Waals surface area (Å²) in [6.07, 6.45) is 3.84. The average Bonchev–Trinajstić information content (AvgIpc) is 3.86. The van der Waals surface area contributed by atoms with Gasteiger partial charge in [-0.25, -0.2) is 0 Å². The van der Waals surface area contributed by atoms with Crippen molar-refractivity contribution in [3.63, 3.8) is 0 Å². The molecular weight excluding hydrogens is 645 g/mol. The number of H-pyrrole nitrogens is 2. The maximum absolute atomic E-state index is 6.50. The Morgan fingerprint density at radius 2 is 0.769 bits per heavy atom. The van der Waals surface area contributed by atoms with Crippen LogP contribution in [0.15, 0.2) is 146 Å². The second kappa shape index (κ2) is 14.2. The van der Waals surface area contributed by atoms with Gasteiger partial charge in [-0.3, -0.25) is 0 Å². The Morgan fingerprint density at radius 1 is 0.365 bits per heavy atom. The number of hydrogen-bond acceptors (Lipinski definition) is 4. The first-order valence-electron chi connectivity index (χ1n) is 17.6. The standard InChI is InChI=1S/C46H44N2O4/c1-45(2,3)33-18-24-41(43(28-33)49-35-20-14-31(15-21-35)39-12-8-26-47-39)51-37-10-7-11-38(30-37)52-42-25-19-34(46(4,5)6)29-44(42)50-36-22-16-32(17-23-36)40-13-9-27-48-40/h7-30,47-48H,1-6H3. The van der Waals surface area contributed by atoms with Gasteiger partial charge in [0.15, 0.2) is 23.0 Å². The lowest BCUT2D eigenvalue weighted by Crippen LogP contribution is -2.11. The molecule has 0 saturated carbocycles. The lowest BCUT2D eigenvalue weighted by atomic mass is 9.87. The first kappa shape index (κ1) is 34.3. The molecule has 0 atom stereocenters. The predicted octanol–water partition coefficient (Wildman–Crippen LogP) is 13.4. The van der Waals surface area contributed by atoms with Crippen molar-refractivity contribution in [1.82, 2.24) is 9.97 Å². The zero-order chi connectivity index (χ0) is 36.3. The summed E-state index contributed by atoms with van der Waals surface area (Å²) >= 11 is 0. The van der Waals surface area contributed by atoms with Gasteiger partial charge in [-0.1, -0.05) is 59.7 Å². The van der Waals surface area contributed by atoms with Crippen molar-refractivity contribution in [3.05, 3.63) is 157 Å². The van der Waals surface area contributed by atoms with Gasteiger partial charge in [-0.05, 0) is 142 Å². The van der Waals surface area contributed by atoms with Crippen molar-refractivity contribution in [2.75, 3.05) is 0 Å². The lowest BCUT2D eigenvalue weighted by molar-refractivity contribution is 0.405. The van der Waals surface area contributed by atoms with Crippen molar-refractivity contribution in [1.29, 1.82) is 0 Å². The minimum atomic E-state index is -0.0750. The van der Waals surface area contributed by atoms with Gasteiger partial charge < -0.3 is 28.9 Å². The second-order valence-corrected chi connectivity index (χ2v) is 14.9. The molecule has 0 fully saturated rings. The molecule has 52 heavy (non-hydrogen) atoms. The largest absolute Gasteiger partial charge is 0.453 e. The molecule has 0 aliphatic carbocycles. The van der Waals surface area contributed by atoms with E-state index in [4.69, 9.17) is 18.9 Å². The number of benzene rings is 5. The molecule has 0 unspecified atom stereocenters. The molecular formula is C46H44N2O4. The van der Waals surface area contributed by atoms with Gasteiger partial charge >= 0.3 is 0 Å². The van der Waals surface area contributed by atoms with Crippen molar-refractivity contribution in [3.8, 4) is 68.5 Å². The molecule has 0 amide bonds. The molecule has 2 N–H and O–H groups in total. The second-order valence-electron chi connectivity index (χ2n) is 14.9. The fourth-order valence-electron chi connectivity index (χ4n) is 5.81. The topological polar surface area (TPSA) is 68.5 Å². The number of aromatic nitrogens is 2. The van der Waals surface area contributed by atoms with Gasteiger partial charge in [0.05, 0.1) is 0 Å². The van der Waals surface area contributed by atoms with Gasteiger partial charge in [0.25, 0.3) is 0 Å². The maximum atomic E-state index is 6.50. The summed E-state index contributed by atoms with van der Waals surface area (Å²) in [6, 6.07) is 43.9. The molecule has 0 saturated heterocycles. The Bertz CT molecular complexity index is 2080. The first-order valence-corrected chi connectivity index (χ1v) is 17.6. The maximum Gasteiger partial charge on any atom is 0.170 e. The summed E-state index contributed by atoms with van der Waals surface area (Å²) in [7, 11) is 0. The summed E-state index contributed by atoms with van der Waals surface area (Å²) < 4.78 is 25.9. The van der Waals surface area contributed by atoms with Gasteiger partial charge in [0.2, 0.25) is 0 Å². The SMILES string of the molecule is CC(C)(C)c1ccc(Oc2cccc(Oc3ccc(C(C)(C)C)cc3Oc3ccc(-c4ccc[nH]4)cc3)c2)c(Oc2ccc(-c3ccc[nH]3)cc2)c1. The van der Waals surface area contributed by atoms with Gasteiger partial charge in [-0.15, -0.1) is 0 Å². The van der Waals surface area contributed by atoms with E-state index in [1.165, 1.54) is 0 Å². The first-order chi connectivity index (χ1) is 25.0. The number of aromatic amines is 2. The molecule has 5 aromatic carbocycles. The summed E-state index contributed by atoms with van der Waals surface area (Å²) in [6.45, 7) is 13.1.